The van der Waals surface area contributed by atoms with Crippen LogP contribution in [0, 0.1) is 0 Å². The Hall–Kier alpha value is -0.943. The van der Waals surface area contributed by atoms with Crippen LogP contribution in [0.4, 0.5) is 0 Å². The van der Waals surface area contributed by atoms with Crippen molar-refractivity contribution in [3.8, 4) is 0 Å². The number of nitrogens with one attached hydrogen (secondary N) is 1. The number of hydrogen-bond donors (Lipinski definition) is 2. The third-order valence-electron chi connectivity index (χ3n) is 4.00. The lowest BCUT2D eigenvalue weighted by molar-refractivity contribution is 0.0462. The van der Waals surface area contributed by atoms with Gasteiger partial charge in [0.25, 0.3) is 0 Å². The van der Waals surface area contributed by atoms with E-state index in [-0.39, 0.29) is 0 Å². The third-order valence-corrected chi connectivity index (χ3v) is 7.93. The number of imidazole rings is 1. The van der Waals surface area contributed by atoms with Crippen LogP contribution in [-0.4, -0.2) is 70.3 Å². The van der Waals surface area contributed by atoms with E-state index >= 15 is 0 Å². The Morgan fingerprint density at radius 1 is 1.19 bits per heavy atom. The molecule has 1 atom stereocenters. The van der Waals surface area contributed by atoms with Gasteiger partial charge in [0.2, 0.25) is 0 Å². The summed E-state index contributed by atoms with van der Waals surface area (Å²) in [5.41, 5.74) is 2.00. The number of nitrogens with zero attached hydrogens (tertiary/aromatic N) is 1. The highest BCUT2D eigenvalue weighted by Crippen LogP contribution is 2.17. The fraction of sp³-hybridized carbons (Fsp3) is 0.588. The van der Waals surface area contributed by atoms with Crippen LogP contribution in [0.2, 0.25) is 6.04 Å². The number of aromatic nitrogens is 2. The van der Waals surface area contributed by atoms with E-state index in [2.05, 4.69) is 9.97 Å². The molecule has 26 heavy (non-hydrogen) atoms. The Balaban J connectivity index is 1.58. The van der Waals surface area contributed by atoms with Gasteiger partial charge in [-0.3, -0.25) is 0 Å². The first-order valence-electron chi connectivity index (χ1n) is 8.55. The van der Waals surface area contributed by atoms with E-state index in [1.54, 1.807) is 33.1 Å². The predicted octanol–water partition coefficient (Wildman–Crippen LogP) is 2.44. The summed E-state index contributed by atoms with van der Waals surface area (Å²) in [6.45, 7) is 0.852. The molecule has 0 fully saturated rings. The molecule has 2 N–H and O–H groups in total. The van der Waals surface area contributed by atoms with Gasteiger partial charge in [-0.25, -0.2) is 4.98 Å². The molecular weight excluding hydrogens is 372 g/mol. The number of aliphatic hydroxyl groups excluding tert-OH is 1. The van der Waals surface area contributed by atoms with Gasteiger partial charge in [-0.2, -0.15) is 11.8 Å². The zero-order valence-electron chi connectivity index (χ0n) is 15.6. The Bertz CT molecular complexity index is 612. The van der Waals surface area contributed by atoms with Crippen molar-refractivity contribution < 1.29 is 23.1 Å². The van der Waals surface area contributed by atoms with Crippen molar-refractivity contribution in [1.82, 2.24) is 9.97 Å². The van der Waals surface area contributed by atoms with Gasteiger partial charge in [0.1, 0.15) is 5.82 Å². The van der Waals surface area contributed by atoms with E-state index in [4.69, 9.17) is 18.0 Å². The van der Waals surface area contributed by atoms with Crippen molar-refractivity contribution in [2.24, 2.45) is 0 Å². The molecule has 0 saturated heterocycles. The van der Waals surface area contributed by atoms with Crippen LogP contribution < -0.4 is 0 Å². The molecule has 2 rings (SSSR count). The highest BCUT2D eigenvalue weighted by molar-refractivity contribution is 7.98. The zero-order valence-corrected chi connectivity index (χ0v) is 17.4. The van der Waals surface area contributed by atoms with Gasteiger partial charge in [-0.1, -0.05) is 12.1 Å². The van der Waals surface area contributed by atoms with E-state index in [1.807, 2.05) is 24.3 Å². The first-order chi connectivity index (χ1) is 12.6. The summed E-state index contributed by atoms with van der Waals surface area (Å²) in [5.74, 6) is 2.25. The monoisotopic (exact) mass is 400 g/mol. The van der Waals surface area contributed by atoms with Crippen LogP contribution in [-0.2, 0) is 23.8 Å². The lowest BCUT2D eigenvalue weighted by Gasteiger charge is -2.24. The summed E-state index contributed by atoms with van der Waals surface area (Å²) in [6.07, 6.45) is 0.263. The molecule has 0 saturated carbocycles. The summed E-state index contributed by atoms with van der Waals surface area (Å²) in [6, 6.07) is 8.63. The standard InChI is InChI=1S/C17H28N2O5SSi/c1-21-26(22-2,23-3)10-6-9-24-11-14(20)12-25-13-17-18-15-7-4-5-8-16(15)19-17/h4-5,7-8,14,20H,6,9-13H2,1-3H3,(H,18,19). The van der Waals surface area contributed by atoms with Gasteiger partial charge < -0.3 is 28.1 Å². The Kier molecular flexibility index (Phi) is 9.06. The van der Waals surface area contributed by atoms with Gasteiger partial charge in [0.05, 0.1) is 29.5 Å². The minimum atomic E-state index is -2.52. The van der Waals surface area contributed by atoms with Crippen LogP contribution in [0.25, 0.3) is 11.0 Å². The molecule has 1 aromatic carbocycles. The maximum absolute atomic E-state index is 10.0. The second kappa shape index (κ2) is 11.0. The molecule has 1 aromatic heterocycles. The molecule has 0 radical (unpaired) electrons. The number of rotatable bonds is 13. The average Bonchev–Trinajstić information content (AvgIpc) is 3.08. The Labute approximate surface area is 159 Å². The van der Waals surface area contributed by atoms with E-state index in [1.165, 1.54) is 0 Å². The van der Waals surface area contributed by atoms with Crippen molar-refractivity contribution in [2.75, 3.05) is 40.3 Å². The van der Waals surface area contributed by atoms with Crippen LogP contribution in [0.15, 0.2) is 24.3 Å². The minimum Gasteiger partial charge on any atom is -0.390 e. The molecule has 2 aromatic rings. The summed E-state index contributed by atoms with van der Waals surface area (Å²) in [7, 11) is 2.28. The van der Waals surface area contributed by atoms with Crippen molar-refractivity contribution in [3.63, 3.8) is 0 Å². The number of fused-ring (bicyclic) bond motifs is 1. The summed E-state index contributed by atoms with van der Waals surface area (Å²) in [4.78, 5) is 7.81. The lowest BCUT2D eigenvalue weighted by Crippen LogP contribution is -2.42. The van der Waals surface area contributed by atoms with Gasteiger partial charge in [-0.05, 0) is 18.6 Å². The molecule has 0 bridgehead atoms. The molecule has 0 spiro atoms. The third kappa shape index (κ3) is 6.34. The first-order valence-corrected chi connectivity index (χ1v) is 11.6. The van der Waals surface area contributed by atoms with Crippen LogP contribution in [0.5, 0.6) is 0 Å². The number of ether oxygens (including phenoxy) is 1. The van der Waals surface area contributed by atoms with E-state index in [0.29, 0.717) is 25.0 Å². The topological polar surface area (TPSA) is 85.8 Å². The zero-order chi connectivity index (χ0) is 18.8. The fourth-order valence-electron chi connectivity index (χ4n) is 2.58. The molecule has 0 amide bonds. The highest BCUT2D eigenvalue weighted by atomic mass is 32.2. The van der Waals surface area contributed by atoms with Crippen LogP contribution in [0.1, 0.15) is 12.2 Å². The normalized spacial score (nSPS) is 13.4. The predicted molar refractivity (Wildman–Crippen MR) is 105 cm³/mol. The maximum atomic E-state index is 10.0. The first kappa shape index (κ1) is 21.4. The highest BCUT2D eigenvalue weighted by Gasteiger charge is 2.36. The molecule has 0 aliphatic carbocycles. The Morgan fingerprint density at radius 2 is 1.92 bits per heavy atom. The SMILES string of the molecule is CO[Si](CCCOCC(O)CSCc1nc2ccccc2[nH]1)(OC)OC. The minimum absolute atomic E-state index is 0.314. The number of hydrogen-bond acceptors (Lipinski definition) is 7. The van der Waals surface area contributed by atoms with Crippen molar-refractivity contribution in [1.29, 1.82) is 0 Å². The van der Waals surface area contributed by atoms with Crippen LogP contribution >= 0.6 is 11.8 Å². The van der Waals surface area contributed by atoms with E-state index < -0.39 is 14.9 Å². The van der Waals surface area contributed by atoms with Gasteiger partial charge >= 0.3 is 8.80 Å². The Morgan fingerprint density at radius 3 is 2.62 bits per heavy atom. The molecule has 1 unspecified atom stereocenters. The van der Waals surface area contributed by atoms with Crippen molar-refractivity contribution in [2.45, 2.75) is 24.3 Å². The molecular formula is C17H28N2O5SSi. The summed E-state index contributed by atoms with van der Waals surface area (Å²) in [5, 5.41) is 10.0. The number of aliphatic hydroxyl groups is 1. The lowest BCUT2D eigenvalue weighted by atomic mass is 10.3. The smallest absolute Gasteiger partial charge is 0.390 e. The summed E-state index contributed by atoms with van der Waals surface area (Å²) >= 11 is 1.63. The molecule has 9 heteroatoms. The molecule has 0 aliphatic rings. The van der Waals surface area contributed by atoms with Crippen molar-refractivity contribution >= 4 is 31.6 Å². The fourth-order valence-corrected chi connectivity index (χ4v) is 5.09. The molecule has 0 aliphatic heterocycles. The second-order valence-corrected chi connectivity index (χ2v) is 9.96. The second-order valence-electron chi connectivity index (χ2n) is 5.84. The molecule has 7 nitrogen and oxygen atoms in total. The van der Waals surface area contributed by atoms with Gasteiger partial charge in [0.15, 0.2) is 0 Å². The van der Waals surface area contributed by atoms with E-state index in [9.17, 15) is 5.11 Å². The van der Waals surface area contributed by atoms with Crippen molar-refractivity contribution in [3.05, 3.63) is 30.1 Å². The number of benzene rings is 1. The number of H-pyrrole nitrogens is 1. The average molecular weight is 401 g/mol. The van der Waals surface area contributed by atoms with Gasteiger partial charge in [-0.15, -0.1) is 0 Å². The molecule has 146 valence electrons. The van der Waals surface area contributed by atoms with Gasteiger partial charge in [0, 0.05) is 39.7 Å². The maximum Gasteiger partial charge on any atom is 0.500 e. The number of thioether (sulfide) groups is 1. The molecule has 1 heterocycles. The summed E-state index contributed by atoms with van der Waals surface area (Å²) < 4.78 is 21.6. The van der Waals surface area contributed by atoms with E-state index in [0.717, 1.165) is 29.0 Å². The number of aromatic amines is 1. The van der Waals surface area contributed by atoms with Crippen LogP contribution in [0.3, 0.4) is 0 Å². The quantitative estimate of drug-likeness (QED) is 0.394. The largest absolute Gasteiger partial charge is 0.500 e. The number of para-hydroxylation sites is 2.